The molecular formula is C12H14Br2F3NO2. The minimum Gasteiger partial charge on any atom is -0.495 e. The van der Waals surface area contributed by atoms with Gasteiger partial charge in [-0.25, -0.2) is 0 Å². The molecule has 114 valence electrons. The lowest BCUT2D eigenvalue weighted by atomic mass is 10.2. The van der Waals surface area contributed by atoms with Crippen LogP contribution in [-0.4, -0.2) is 33.0 Å². The van der Waals surface area contributed by atoms with Gasteiger partial charge in [0.25, 0.3) is 0 Å². The lowest BCUT2D eigenvalue weighted by Crippen LogP contribution is -2.23. The van der Waals surface area contributed by atoms with E-state index in [0.717, 1.165) is 14.5 Å². The van der Waals surface area contributed by atoms with Crippen LogP contribution in [0.25, 0.3) is 0 Å². The first kappa shape index (κ1) is 17.7. The minimum absolute atomic E-state index is 0.00298. The van der Waals surface area contributed by atoms with E-state index >= 15 is 0 Å². The van der Waals surface area contributed by atoms with E-state index in [9.17, 15) is 13.2 Å². The van der Waals surface area contributed by atoms with Gasteiger partial charge in [-0.05, 0) is 28.1 Å². The normalized spacial score (nSPS) is 11.7. The number of halogens is 5. The maximum atomic E-state index is 11.8. The van der Waals surface area contributed by atoms with Crippen molar-refractivity contribution in [1.82, 2.24) is 5.32 Å². The van der Waals surface area contributed by atoms with Gasteiger partial charge < -0.3 is 14.8 Å². The summed E-state index contributed by atoms with van der Waals surface area (Å²) in [6.07, 6.45) is -4.28. The third-order valence-corrected chi connectivity index (χ3v) is 3.34. The first-order chi connectivity index (χ1) is 9.33. The van der Waals surface area contributed by atoms with Crippen LogP contribution in [0, 0.1) is 0 Å². The SMILES string of the molecule is COc1c(Br)cc(Br)cc1CNCCOCC(F)(F)F. The van der Waals surface area contributed by atoms with Gasteiger partial charge in [0.2, 0.25) is 0 Å². The number of rotatable bonds is 7. The third kappa shape index (κ3) is 6.43. The first-order valence-corrected chi connectivity index (χ1v) is 7.29. The molecule has 0 aliphatic heterocycles. The van der Waals surface area contributed by atoms with Crippen molar-refractivity contribution in [2.24, 2.45) is 0 Å². The van der Waals surface area contributed by atoms with Crippen molar-refractivity contribution < 1.29 is 22.6 Å². The minimum atomic E-state index is -4.28. The smallest absolute Gasteiger partial charge is 0.411 e. The molecule has 0 atom stereocenters. The molecule has 0 amide bonds. The molecular weight excluding hydrogens is 407 g/mol. The molecule has 0 heterocycles. The first-order valence-electron chi connectivity index (χ1n) is 5.70. The summed E-state index contributed by atoms with van der Waals surface area (Å²) in [5, 5.41) is 3.00. The molecule has 0 spiro atoms. The monoisotopic (exact) mass is 419 g/mol. The Labute approximate surface area is 132 Å². The molecule has 0 radical (unpaired) electrons. The second-order valence-corrected chi connectivity index (χ2v) is 5.69. The fourth-order valence-corrected chi connectivity index (χ4v) is 3.00. The van der Waals surface area contributed by atoms with Crippen LogP contribution in [-0.2, 0) is 11.3 Å². The van der Waals surface area contributed by atoms with Gasteiger partial charge >= 0.3 is 6.18 Å². The second-order valence-electron chi connectivity index (χ2n) is 3.92. The van der Waals surface area contributed by atoms with Crippen LogP contribution in [0.2, 0.25) is 0 Å². The van der Waals surface area contributed by atoms with Crippen molar-refractivity contribution >= 4 is 31.9 Å². The van der Waals surface area contributed by atoms with E-state index in [1.54, 1.807) is 7.11 Å². The fraction of sp³-hybridized carbons (Fsp3) is 0.500. The number of ether oxygens (including phenoxy) is 2. The molecule has 0 fully saturated rings. The van der Waals surface area contributed by atoms with Crippen molar-refractivity contribution in [2.45, 2.75) is 12.7 Å². The van der Waals surface area contributed by atoms with Gasteiger partial charge in [0, 0.05) is 23.1 Å². The zero-order valence-corrected chi connectivity index (χ0v) is 13.9. The topological polar surface area (TPSA) is 30.5 Å². The van der Waals surface area contributed by atoms with E-state index < -0.39 is 12.8 Å². The highest BCUT2D eigenvalue weighted by Gasteiger charge is 2.27. The van der Waals surface area contributed by atoms with Crippen LogP contribution in [0.15, 0.2) is 21.1 Å². The summed E-state index contributed by atoms with van der Waals surface area (Å²) in [5.41, 5.74) is 0.893. The number of alkyl halides is 3. The Bertz CT molecular complexity index is 441. The Balaban J connectivity index is 2.39. The zero-order valence-electron chi connectivity index (χ0n) is 10.7. The summed E-state index contributed by atoms with van der Waals surface area (Å²) in [6.45, 7) is -0.433. The summed E-state index contributed by atoms with van der Waals surface area (Å²) in [5.74, 6) is 0.692. The molecule has 0 saturated heterocycles. The summed E-state index contributed by atoms with van der Waals surface area (Å²) in [7, 11) is 1.56. The number of benzene rings is 1. The van der Waals surface area contributed by atoms with E-state index in [2.05, 4.69) is 41.9 Å². The summed E-state index contributed by atoms with van der Waals surface area (Å²) < 4.78 is 47.0. The Morgan fingerprint density at radius 1 is 1.25 bits per heavy atom. The number of hydrogen-bond acceptors (Lipinski definition) is 3. The largest absolute Gasteiger partial charge is 0.495 e. The van der Waals surface area contributed by atoms with Crippen molar-refractivity contribution in [3.8, 4) is 5.75 Å². The maximum absolute atomic E-state index is 11.8. The van der Waals surface area contributed by atoms with Crippen LogP contribution in [0.1, 0.15) is 5.56 Å². The molecule has 1 N–H and O–H groups in total. The van der Waals surface area contributed by atoms with Crippen molar-refractivity contribution in [3.63, 3.8) is 0 Å². The average molecular weight is 421 g/mol. The maximum Gasteiger partial charge on any atom is 0.411 e. The van der Waals surface area contributed by atoms with Crippen molar-refractivity contribution in [3.05, 3.63) is 26.6 Å². The van der Waals surface area contributed by atoms with E-state index in [1.165, 1.54) is 0 Å². The van der Waals surface area contributed by atoms with Gasteiger partial charge in [0.1, 0.15) is 12.4 Å². The third-order valence-electron chi connectivity index (χ3n) is 2.29. The standard InChI is InChI=1S/C12H14Br2F3NO2/c1-19-11-8(4-9(13)5-10(11)14)6-18-2-3-20-7-12(15,16)17/h4-5,18H,2-3,6-7H2,1H3. The second kappa shape index (κ2) is 8.21. The molecule has 0 saturated carbocycles. The molecule has 1 aromatic rings. The molecule has 0 aliphatic rings. The average Bonchev–Trinajstić information content (AvgIpc) is 2.31. The van der Waals surface area contributed by atoms with Gasteiger partial charge in [-0.1, -0.05) is 15.9 Å². The summed E-state index contributed by atoms with van der Waals surface area (Å²) in [4.78, 5) is 0. The molecule has 0 bridgehead atoms. The van der Waals surface area contributed by atoms with Crippen LogP contribution < -0.4 is 10.1 Å². The lowest BCUT2D eigenvalue weighted by molar-refractivity contribution is -0.173. The predicted molar refractivity (Wildman–Crippen MR) is 77.0 cm³/mol. The van der Waals surface area contributed by atoms with Crippen LogP contribution in [0.4, 0.5) is 13.2 Å². The lowest BCUT2D eigenvalue weighted by Gasteiger charge is -2.12. The molecule has 0 unspecified atom stereocenters. The van der Waals surface area contributed by atoms with Gasteiger partial charge in [-0.15, -0.1) is 0 Å². The molecule has 0 aromatic heterocycles. The number of methoxy groups -OCH3 is 1. The van der Waals surface area contributed by atoms with Crippen LogP contribution in [0.5, 0.6) is 5.75 Å². The molecule has 1 rings (SSSR count). The summed E-state index contributed by atoms with van der Waals surface area (Å²) >= 11 is 6.75. The summed E-state index contributed by atoms with van der Waals surface area (Å²) in [6, 6.07) is 3.74. The molecule has 20 heavy (non-hydrogen) atoms. The van der Waals surface area contributed by atoms with Crippen molar-refractivity contribution in [2.75, 3.05) is 26.9 Å². The van der Waals surface area contributed by atoms with Gasteiger partial charge in [-0.2, -0.15) is 13.2 Å². The number of hydrogen-bond donors (Lipinski definition) is 1. The van der Waals surface area contributed by atoms with E-state index in [0.29, 0.717) is 18.8 Å². The van der Waals surface area contributed by atoms with Gasteiger partial charge in [0.15, 0.2) is 0 Å². The van der Waals surface area contributed by atoms with E-state index in [1.807, 2.05) is 12.1 Å². The Kier molecular flexibility index (Phi) is 7.28. The number of nitrogens with one attached hydrogen (secondary N) is 1. The fourth-order valence-electron chi connectivity index (χ4n) is 1.53. The van der Waals surface area contributed by atoms with Crippen LogP contribution >= 0.6 is 31.9 Å². The predicted octanol–water partition coefficient (Wildman–Crippen LogP) is 3.89. The highest BCUT2D eigenvalue weighted by Crippen LogP contribution is 2.32. The van der Waals surface area contributed by atoms with E-state index in [4.69, 9.17) is 4.74 Å². The highest BCUT2D eigenvalue weighted by molar-refractivity contribution is 9.11. The van der Waals surface area contributed by atoms with Crippen LogP contribution in [0.3, 0.4) is 0 Å². The van der Waals surface area contributed by atoms with Gasteiger partial charge in [0.05, 0.1) is 18.2 Å². The Morgan fingerprint density at radius 2 is 1.95 bits per heavy atom. The molecule has 3 nitrogen and oxygen atoms in total. The molecule has 8 heteroatoms. The van der Waals surface area contributed by atoms with Gasteiger partial charge in [-0.3, -0.25) is 0 Å². The molecule has 0 aliphatic carbocycles. The Morgan fingerprint density at radius 3 is 2.55 bits per heavy atom. The highest BCUT2D eigenvalue weighted by atomic mass is 79.9. The zero-order chi connectivity index (χ0) is 15.2. The van der Waals surface area contributed by atoms with E-state index in [-0.39, 0.29) is 6.61 Å². The van der Waals surface area contributed by atoms with Crippen molar-refractivity contribution in [1.29, 1.82) is 0 Å². The molecule has 1 aromatic carbocycles. The Hall–Kier alpha value is -0.310. The quantitative estimate of drug-likeness (QED) is 0.679.